The Hall–Kier alpha value is -4.13. The SMILES string of the molecule is COc1ccc2[nH]c(C)c(CC(=O)N[C@@H](CCCCCC(C)=O)C(=O)Nc3cccc4ccccc34)c2c1. The van der Waals surface area contributed by atoms with Crippen LogP contribution in [0, 0.1) is 6.92 Å². The molecule has 4 aromatic rings. The molecule has 1 atom stereocenters. The van der Waals surface area contributed by atoms with E-state index in [2.05, 4.69) is 15.6 Å². The second kappa shape index (κ2) is 12.4. The molecule has 0 radical (unpaired) electrons. The lowest BCUT2D eigenvalue weighted by Gasteiger charge is -2.19. The van der Waals surface area contributed by atoms with Crippen LogP contribution in [0.2, 0.25) is 0 Å². The number of aromatic amines is 1. The number of carbonyl (C=O) groups excluding carboxylic acids is 3. The number of carbonyl (C=O) groups is 3. The van der Waals surface area contributed by atoms with Crippen molar-refractivity contribution in [1.29, 1.82) is 0 Å². The van der Waals surface area contributed by atoms with Crippen molar-refractivity contribution in [3.63, 3.8) is 0 Å². The summed E-state index contributed by atoms with van der Waals surface area (Å²) in [5.74, 6) is 0.405. The fourth-order valence-corrected chi connectivity index (χ4v) is 4.84. The van der Waals surface area contributed by atoms with E-state index in [1.165, 1.54) is 0 Å². The number of unbranched alkanes of at least 4 members (excludes halogenated alkanes) is 2. The maximum atomic E-state index is 13.4. The fraction of sp³-hybridized carbons (Fsp3) is 0.323. The van der Waals surface area contributed by atoms with E-state index in [1.807, 2.05) is 67.6 Å². The number of methoxy groups -OCH3 is 1. The Kier molecular flexibility index (Phi) is 8.79. The Balaban J connectivity index is 1.50. The Bertz CT molecular complexity index is 1450. The molecule has 198 valence electrons. The molecule has 0 unspecified atom stereocenters. The lowest BCUT2D eigenvalue weighted by atomic mass is 10.0. The average Bonchev–Trinajstić information content (AvgIpc) is 3.21. The van der Waals surface area contributed by atoms with Gasteiger partial charge >= 0.3 is 0 Å². The van der Waals surface area contributed by atoms with E-state index in [1.54, 1.807) is 14.0 Å². The number of nitrogens with one attached hydrogen (secondary N) is 3. The minimum atomic E-state index is -0.696. The number of H-pyrrole nitrogens is 1. The largest absolute Gasteiger partial charge is 0.497 e. The summed E-state index contributed by atoms with van der Waals surface area (Å²) in [4.78, 5) is 41.3. The van der Waals surface area contributed by atoms with E-state index in [4.69, 9.17) is 4.74 Å². The van der Waals surface area contributed by atoms with Gasteiger partial charge in [-0.2, -0.15) is 0 Å². The van der Waals surface area contributed by atoms with Crippen LogP contribution in [0.5, 0.6) is 5.75 Å². The maximum Gasteiger partial charge on any atom is 0.246 e. The highest BCUT2D eigenvalue weighted by atomic mass is 16.5. The maximum absolute atomic E-state index is 13.4. The molecule has 2 amide bonds. The predicted octanol–water partition coefficient (Wildman–Crippen LogP) is 5.84. The van der Waals surface area contributed by atoms with Crippen LogP contribution in [0.15, 0.2) is 60.7 Å². The summed E-state index contributed by atoms with van der Waals surface area (Å²) in [6, 6.07) is 18.7. The summed E-state index contributed by atoms with van der Waals surface area (Å²) in [6.45, 7) is 3.53. The van der Waals surface area contributed by atoms with Crippen molar-refractivity contribution in [3.8, 4) is 5.75 Å². The number of fused-ring (bicyclic) bond motifs is 2. The zero-order valence-electron chi connectivity index (χ0n) is 22.2. The number of rotatable bonds is 12. The summed E-state index contributed by atoms with van der Waals surface area (Å²) in [5.41, 5.74) is 3.43. The Morgan fingerprint density at radius 2 is 1.74 bits per heavy atom. The highest BCUT2D eigenvalue weighted by molar-refractivity contribution is 6.05. The van der Waals surface area contributed by atoms with Crippen LogP contribution < -0.4 is 15.4 Å². The van der Waals surface area contributed by atoms with Gasteiger partial charge in [0.05, 0.1) is 13.5 Å². The molecule has 0 spiro atoms. The van der Waals surface area contributed by atoms with Gasteiger partial charge in [0.1, 0.15) is 17.6 Å². The van der Waals surface area contributed by atoms with Crippen molar-refractivity contribution < 1.29 is 19.1 Å². The minimum absolute atomic E-state index is 0.140. The van der Waals surface area contributed by atoms with Crippen LogP contribution >= 0.6 is 0 Å². The first kappa shape index (κ1) is 26.9. The number of ketones is 1. The molecular weight excluding hydrogens is 478 g/mol. The summed E-state index contributed by atoms with van der Waals surface area (Å²) in [5, 5.41) is 8.91. The molecule has 0 aliphatic heterocycles. The van der Waals surface area contributed by atoms with Gasteiger partial charge in [-0.3, -0.25) is 9.59 Å². The Morgan fingerprint density at radius 1 is 0.947 bits per heavy atom. The van der Waals surface area contributed by atoms with E-state index in [9.17, 15) is 14.4 Å². The van der Waals surface area contributed by atoms with E-state index in [0.29, 0.717) is 18.5 Å². The molecule has 0 saturated heterocycles. The van der Waals surface area contributed by atoms with Crippen molar-refractivity contribution in [2.45, 2.75) is 58.4 Å². The predicted molar refractivity (Wildman–Crippen MR) is 152 cm³/mol. The molecule has 0 saturated carbocycles. The van der Waals surface area contributed by atoms with Gasteiger partial charge in [0, 0.05) is 34.1 Å². The molecule has 0 fully saturated rings. The molecule has 1 aromatic heterocycles. The number of hydrogen-bond donors (Lipinski definition) is 3. The van der Waals surface area contributed by atoms with Gasteiger partial charge in [-0.25, -0.2) is 0 Å². The summed E-state index contributed by atoms with van der Waals surface area (Å²) in [7, 11) is 1.61. The van der Waals surface area contributed by atoms with Gasteiger partial charge < -0.3 is 25.1 Å². The van der Waals surface area contributed by atoms with Crippen molar-refractivity contribution >= 4 is 45.0 Å². The number of Topliss-reactive ketones (excluding diaryl/α,β-unsaturated/α-hetero) is 1. The first-order valence-electron chi connectivity index (χ1n) is 13.1. The van der Waals surface area contributed by atoms with E-state index < -0.39 is 6.04 Å². The number of ether oxygens (including phenoxy) is 1. The molecule has 7 nitrogen and oxygen atoms in total. The monoisotopic (exact) mass is 513 g/mol. The van der Waals surface area contributed by atoms with Gasteiger partial charge in [-0.15, -0.1) is 0 Å². The molecule has 3 N–H and O–H groups in total. The minimum Gasteiger partial charge on any atom is -0.497 e. The molecule has 1 heterocycles. The van der Waals surface area contributed by atoms with Crippen LogP contribution in [0.1, 0.15) is 50.3 Å². The first-order valence-corrected chi connectivity index (χ1v) is 13.1. The molecule has 4 rings (SSSR count). The lowest BCUT2D eigenvalue weighted by molar-refractivity contribution is -0.126. The highest BCUT2D eigenvalue weighted by Gasteiger charge is 2.23. The third-order valence-corrected chi connectivity index (χ3v) is 6.88. The second-order valence-corrected chi connectivity index (χ2v) is 9.75. The molecule has 38 heavy (non-hydrogen) atoms. The second-order valence-electron chi connectivity index (χ2n) is 9.75. The summed E-state index contributed by atoms with van der Waals surface area (Å²) >= 11 is 0. The van der Waals surface area contributed by atoms with Crippen molar-refractivity contribution in [3.05, 3.63) is 71.9 Å². The number of aryl methyl sites for hydroxylation is 1. The highest BCUT2D eigenvalue weighted by Crippen LogP contribution is 2.27. The van der Waals surface area contributed by atoms with Crippen LogP contribution in [0.3, 0.4) is 0 Å². The van der Waals surface area contributed by atoms with Crippen LogP contribution in [0.4, 0.5) is 5.69 Å². The smallest absolute Gasteiger partial charge is 0.246 e. The Labute approximate surface area is 223 Å². The summed E-state index contributed by atoms with van der Waals surface area (Å²) in [6.07, 6.45) is 3.47. The van der Waals surface area contributed by atoms with E-state index in [-0.39, 0.29) is 24.0 Å². The Morgan fingerprint density at radius 3 is 2.53 bits per heavy atom. The van der Waals surface area contributed by atoms with Crippen molar-refractivity contribution in [1.82, 2.24) is 10.3 Å². The van der Waals surface area contributed by atoms with Gasteiger partial charge in [0.2, 0.25) is 11.8 Å². The average molecular weight is 514 g/mol. The lowest BCUT2D eigenvalue weighted by Crippen LogP contribution is -2.44. The molecule has 3 aromatic carbocycles. The van der Waals surface area contributed by atoms with Gasteiger partial charge in [-0.1, -0.05) is 49.2 Å². The number of amides is 2. The third kappa shape index (κ3) is 6.59. The quantitative estimate of drug-likeness (QED) is 0.207. The topological polar surface area (TPSA) is 100 Å². The number of benzene rings is 3. The zero-order valence-corrected chi connectivity index (χ0v) is 22.2. The van der Waals surface area contributed by atoms with E-state index in [0.717, 1.165) is 57.9 Å². The van der Waals surface area contributed by atoms with Crippen molar-refractivity contribution in [2.75, 3.05) is 12.4 Å². The van der Waals surface area contributed by atoms with Crippen LogP contribution in [-0.2, 0) is 20.8 Å². The van der Waals surface area contributed by atoms with Gasteiger partial charge in [0.15, 0.2) is 0 Å². The molecular formula is C31H35N3O4. The molecule has 0 aliphatic carbocycles. The number of aromatic nitrogens is 1. The summed E-state index contributed by atoms with van der Waals surface area (Å²) < 4.78 is 5.37. The molecule has 0 aliphatic rings. The molecule has 0 bridgehead atoms. The van der Waals surface area contributed by atoms with E-state index >= 15 is 0 Å². The normalized spacial score (nSPS) is 11.9. The molecule has 7 heteroatoms. The van der Waals surface area contributed by atoms with Crippen LogP contribution in [-0.4, -0.2) is 35.7 Å². The van der Waals surface area contributed by atoms with Gasteiger partial charge in [0.25, 0.3) is 0 Å². The fourth-order valence-electron chi connectivity index (χ4n) is 4.84. The standard InChI is InChI=1S/C31H35N3O4/c1-20(35)10-5-4-6-14-29(31(37)34-27-15-9-12-22-11-7-8-13-24(22)27)33-30(36)19-25-21(2)32-28-17-16-23(38-3)18-26(25)28/h7-9,11-13,15-18,29,32H,4-6,10,14,19H2,1-3H3,(H,33,36)(H,34,37)/t29-/m0/s1. The zero-order chi connectivity index (χ0) is 27.1. The number of anilines is 1. The third-order valence-electron chi connectivity index (χ3n) is 6.88. The van der Waals surface area contributed by atoms with Crippen molar-refractivity contribution in [2.24, 2.45) is 0 Å². The van der Waals surface area contributed by atoms with Gasteiger partial charge in [-0.05, 0) is 61.9 Å². The van der Waals surface area contributed by atoms with Crippen LogP contribution in [0.25, 0.3) is 21.7 Å². The number of hydrogen-bond acceptors (Lipinski definition) is 4. The first-order chi connectivity index (χ1) is 18.4.